The van der Waals surface area contributed by atoms with Gasteiger partial charge >= 0.3 is 5.97 Å². The molecule has 2 atom stereocenters. The number of rotatable bonds is 2. The molecule has 2 aliphatic carbocycles. The standard InChI is InChI=1S/C14H13ClO2/c15-11-3-1-2-10(7-11)12-6-9-4-5-14(12,8-9)13(16)17/h1-3,6-7,9H,4-5,8H2,(H,16,17). The van der Waals surface area contributed by atoms with Gasteiger partial charge in [-0.25, -0.2) is 0 Å². The third-order valence-electron chi connectivity index (χ3n) is 4.02. The molecule has 1 fully saturated rings. The van der Waals surface area contributed by atoms with Gasteiger partial charge in [-0.15, -0.1) is 0 Å². The van der Waals surface area contributed by atoms with E-state index < -0.39 is 11.4 Å². The molecule has 3 rings (SSSR count). The predicted molar refractivity (Wildman–Crippen MR) is 66.8 cm³/mol. The van der Waals surface area contributed by atoms with Crippen LogP contribution in [0.2, 0.25) is 5.02 Å². The normalized spacial score (nSPS) is 30.4. The van der Waals surface area contributed by atoms with Gasteiger partial charge in [-0.1, -0.05) is 29.8 Å². The minimum Gasteiger partial charge on any atom is -0.481 e. The lowest BCUT2D eigenvalue weighted by Gasteiger charge is -2.25. The van der Waals surface area contributed by atoms with Crippen LogP contribution in [0.4, 0.5) is 0 Å². The minimum atomic E-state index is -0.691. The Labute approximate surface area is 105 Å². The van der Waals surface area contributed by atoms with Crippen LogP contribution in [-0.2, 0) is 4.79 Å². The Hall–Kier alpha value is -1.28. The lowest BCUT2D eigenvalue weighted by atomic mass is 9.77. The van der Waals surface area contributed by atoms with E-state index in [0.717, 1.165) is 30.4 Å². The quantitative estimate of drug-likeness (QED) is 0.868. The fraction of sp³-hybridized carbons (Fsp3) is 0.357. The van der Waals surface area contributed by atoms with Gasteiger partial charge in [0.1, 0.15) is 0 Å². The van der Waals surface area contributed by atoms with Crippen molar-refractivity contribution in [1.82, 2.24) is 0 Å². The summed E-state index contributed by atoms with van der Waals surface area (Å²) in [7, 11) is 0. The molecule has 0 saturated heterocycles. The molecule has 0 heterocycles. The third-order valence-corrected chi connectivity index (χ3v) is 4.25. The number of allylic oxidation sites excluding steroid dienone is 1. The van der Waals surface area contributed by atoms with E-state index in [9.17, 15) is 9.90 Å². The van der Waals surface area contributed by atoms with Crippen LogP contribution >= 0.6 is 11.6 Å². The van der Waals surface area contributed by atoms with Gasteiger partial charge in [0.25, 0.3) is 0 Å². The van der Waals surface area contributed by atoms with Crippen LogP contribution in [0.15, 0.2) is 30.3 Å². The average Bonchev–Trinajstić information content (AvgIpc) is 2.87. The highest BCUT2D eigenvalue weighted by Crippen LogP contribution is 2.57. The summed E-state index contributed by atoms with van der Waals surface area (Å²) in [6, 6.07) is 7.49. The van der Waals surface area contributed by atoms with E-state index in [4.69, 9.17) is 11.6 Å². The molecular formula is C14H13ClO2. The highest BCUT2D eigenvalue weighted by atomic mass is 35.5. The zero-order chi connectivity index (χ0) is 12.0. The summed E-state index contributed by atoms with van der Waals surface area (Å²) in [5.41, 5.74) is 1.26. The van der Waals surface area contributed by atoms with E-state index in [2.05, 4.69) is 6.08 Å². The second-order valence-corrected chi connectivity index (χ2v) is 5.42. The summed E-state index contributed by atoms with van der Waals surface area (Å²) in [6.07, 6.45) is 4.63. The van der Waals surface area contributed by atoms with Crippen molar-refractivity contribution in [3.63, 3.8) is 0 Å². The number of carbonyl (C=O) groups is 1. The molecule has 88 valence electrons. The Kier molecular flexibility index (Phi) is 2.30. The van der Waals surface area contributed by atoms with Crippen molar-refractivity contribution in [3.05, 3.63) is 40.9 Å². The van der Waals surface area contributed by atoms with Crippen molar-refractivity contribution < 1.29 is 9.90 Å². The summed E-state index contributed by atoms with van der Waals surface area (Å²) in [5.74, 6) is -0.260. The van der Waals surface area contributed by atoms with Crippen LogP contribution in [0.25, 0.3) is 5.57 Å². The lowest BCUT2D eigenvalue weighted by Crippen LogP contribution is -2.27. The van der Waals surface area contributed by atoms with Crippen molar-refractivity contribution in [2.75, 3.05) is 0 Å². The summed E-state index contributed by atoms with van der Waals surface area (Å²) >= 11 is 5.98. The van der Waals surface area contributed by atoms with E-state index in [1.54, 1.807) is 0 Å². The maximum atomic E-state index is 11.6. The van der Waals surface area contributed by atoms with Crippen LogP contribution in [0.1, 0.15) is 24.8 Å². The number of fused-ring (bicyclic) bond motifs is 2. The summed E-state index contributed by atoms with van der Waals surface area (Å²) in [6.45, 7) is 0. The fourth-order valence-corrected chi connectivity index (χ4v) is 3.39. The number of carboxylic acids is 1. The molecule has 0 radical (unpaired) electrons. The van der Waals surface area contributed by atoms with Crippen LogP contribution < -0.4 is 0 Å². The number of carboxylic acid groups (broad SMARTS) is 1. The molecule has 0 spiro atoms. The monoisotopic (exact) mass is 248 g/mol. The first-order valence-corrected chi connectivity index (χ1v) is 6.21. The van der Waals surface area contributed by atoms with Crippen LogP contribution in [0.3, 0.4) is 0 Å². The zero-order valence-electron chi connectivity index (χ0n) is 9.32. The Morgan fingerprint density at radius 3 is 2.94 bits per heavy atom. The fourth-order valence-electron chi connectivity index (χ4n) is 3.20. The van der Waals surface area contributed by atoms with Crippen LogP contribution in [-0.4, -0.2) is 11.1 Å². The lowest BCUT2D eigenvalue weighted by molar-refractivity contribution is -0.144. The van der Waals surface area contributed by atoms with Crippen molar-refractivity contribution in [2.24, 2.45) is 11.3 Å². The van der Waals surface area contributed by atoms with Gasteiger partial charge in [-0.3, -0.25) is 4.79 Å². The van der Waals surface area contributed by atoms with Gasteiger partial charge in [0.15, 0.2) is 0 Å². The van der Waals surface area contributed by atoms with Crippen molar-refractivity contribution in [2.45, 2.75) is 19.3 Å². The Morgan fingerprint density at radius 2 is 2.29 bits per heavy atom. The van der Waals surface area contributed by atoms with Gasteiger partial charge in [0, 0.05) is 5.02 Å². The van der Waals surface area contributed by atoms with Gasteiger partial charge < -0.3 is 5.11 Å². The Balaban J connectivity index is 2.09. The molecule has 0 aliphatic heterocycles. The SMILES string of the molecule is O=C(O)C12CCC(C=C1c1cccc(Cl)c1)C2. The molecule has 0 aromatic heterocycles. The molecule has 3 heteroatoms. The predicted octanol–water partition coefficient (Wildman–Crippen LogP) is 3.61. The molecule has 0 amide bonds. The summed E-state index contributed by atoms with van der Waals surface area (Å²) in [4.78, 5) is 11.6. The van der Waals surface area contributed by atoms with E-state index in [0.29, 0.717) is 10.9 Å². The highest BCUT2D eigenvalue weighted by molar-refractivity contribution is 6.30. The second-order valence-electron chi connectivity index (χ2n) is 4.98. The van der Waals surface area contributed by atoms with Crippen LogP contribution in [0, 0.1) is 11.3 Å². The maximum absolute atomic E-state index is 11.6. The van der Waals surface area contributed by atoms with Gasteiger partial charge in [-0.2, -0.15) is 0 Å². The summed E-state index contributed by atoms with van der Waals surface area (Å²) < 4.78 is 0. The Morgan fingerprint density at radius 1 is 1.47 bits per heavy atom. The van der Waals surface area contributed by atoms with Gasteiger partial charge in [0.05, 0.1) is 5.41 Å². The molecule has 1 aromatic rings. The topological polar surface area (TPSA) is 37.3 Å². The largest absolute Gasteiger partial charge is 0.481 e. The molecule has 2 bridgehead atoms. The van der Waals surface area contributed by atoms with Gasteiger partial charge in [-0.05, 0) is 48.4 Å². The number of aliphatic carboxylic acids is 1. The minimum absolute atomic E-state index is 0.431. The molecule has 2 nitrogen and oxygen atoms in total. The molecule has 1 saturated carbocycles. The first-order valence-electron chi connectivity index (χ1n) is 5.83. The number of hydrogen-bond donors (Lipinski definition) is 1. The molecule has 2 unspecified atom stereocenters. The molecular weight excluding hydrogens is 236 g/mol. The number of halogens is 1. The number of benzene rings is 1. The van der Waals surface area contributed by atoms with Crippen LogP contribution in [0.5, 0.6) is 0 Å². The molecule has 1 N–H and O–H groups in total. The number of hydrogen-bond acceptors (Lipinski definition) is 1. The highest BCUT2D eigenvalue weighted by Gasteiger charge is 2.52. The molecule has 1 aromatic carbocycles. The van der Waals surface area contributed by atoms with Gasteiger partial charge in [0.2, 0.25) is 0 Å². The smallest absolute Gasteiger partial charge is 0.314 e. The van der Waals surface area contributed by atoms with E-state index in [1.807, 2.05) is 24.3 Å². The average molecular weight is 249 g/mol. The first kappa shape index (κ1) is 10.8. The van der Waals surface area contributed by atoms with E-state index >= 15 is 0 Å². The van der Waals surface area contributed by atoms with Crippen molar-refractivity contribution >= 4 is 23.1 Å². The van der Waals surface area contributed by atoms with Crippen molar-refractivity contribution in [3.8, 4) is 0 Å². The van der Waals surface area contributed by atoms with Crippen molar-refractivity contribution in [1.29, 1.82) is 0 Å². The van der Waals surface area contributed by atoms with E-state index in [-0.39, 0.29) is 0 Å². The first-order chi connectivity index (χ1) is 8.12. The Bertz CT molecular complexity index is 521. The zero-order valence-corrected chi connectivity index (χ0v) is 10.1. The molecule has 2 aliphatic rings. The third kappa shape index (κ3) is 1.51. The summed E-state index contributed by atoms with van der Waals surface area (Å²) in [5, 5.41) is 10.2. The molecule has 17 heavy (non-hydrogen) atoms. The second kappa shape index (κ2) is 3.61. The van der Waals surface area contributed by atoms with E-state index in [1.165, 1.54) is 0 Å². The maximum Gasteiger partial charge on any atom is 0.314 e.